The average molecular weight is 426 g/mol. The number of rotatable bonds is 2. The molecule has 0 amide bonds. The predicted molar refractivity (Wildman–Crippen MR) is 115 cm³/mol. The van der Waals surface area contributed by atoms with Gasteiger partial charge in [0, 0.05) is 35.1 Å². The molecule has 2 heterocycles. The van der Waals surface area contributed by atoms with Crippen molar-refractivity contribution in [2.24, 2.45) is 0 Å². The largest absolute Gasteiger partial charge is 0.348 e. The maximum absolute atomic E-state index is 5.79. The predicted octanol–water partition coefficient (Wildman–Crippen LogP) is 5.36. The highest BCUT2D eigenvalue weighted by Gasteiger charge is 2.30. The van der Waals surface area contributed by atoms with Crippen LogP contribution in [0.1, 0.15) is 22.9 Å². The molecule has 3 aromatic rings. The van der Waals surface area contributed by atoms with Gasteiger partial charge in [-0.1, -0.05) is 45.8 Å². The SMILES string of the molecule is Cc1ccc(C2c3cccn3CCN2C(=S)Nc2ccc(Br)cc2)cc1. The highest BCUT2D eigenvalue weighted by Crippen LogP contribution is 2.33. The van der Waals surface area contributed by atoms with Crippen LogP contribution in [0.15, 0.2) is 71.3 Å². The first kappa shape index (κ1) is 17.3. The van der Waals surface area contributed by atoms with Gasteiger partial charge in [0.2, 0.25) is 0 Å². The van der Waals surface area contributed by atoms with E-state index in [4.69, 9.17) is 12.2 Å². The number of aromatic nitrogens is 1. The van der Waals surface area contributed by atoms with Crippen LogP contribution in [0.2, 0.25) is 0 Å². The van der Waals surface area contributed by atoms with E-state index in [1.54, 1.807) is 0 Å². The Morgan fingerprint density at radius 1 is 1.04 bits per heavy atom. The molecule has 0 radical (unpaired) electrons. The molecule has 132 valence electrons. The van der Waals surface area contributed by atoms with Crippen LogP contribution < -0.4 is 5.32 Å². The summed E-state index contributed by atoms with van der Waals surface area (Å²) >= 11 is 9.26. The maximum Gasteiger partial charge on any atom is 0.174 e. The summed E-state index contributed by atoms with van der Waals surface area (Å²) < 4.78 is 3.38. The highest BCUT2D eigenvalue weighted by molar-refractivity contribution is 9.10. The van der Waals surface area contributed by atoms with Gasteiger partial charge in [-0.15, -0.1) is 0 Å². The summed E-state index contributed by atoms with van der Waals surface area (Å²) in [5, 5.41) is 4.16. The van der Waals surface area contributed by atoms with E-state index in [0.717, 1.165) is 28.4 Å². The molecule has 26 heavy (non-hydrogen) atoms. The Hall–Kier alpha value is -2.11. The number of halogens is 1. The third-order valence-electron chi connectivity index (χ3n) is 4.79. The normalized spacial score (nSPS) is 16.2. The Balaban J connectivity index is 1.66. The second-order valence-corrected chi connectivity index (χ2v) is 7.87. The number of anilines is 1. The summed E-state index contributed by atoms with van der Waals surface area (Å²) in [4.78, 5) is 2.29. The zero-order valence-electron chi connectivity index (χ0n) is 14.5. The summed E-state index contributed by atoms with van der Waals surface area (Å²) in [5.41, 5.74) is 4.80. The summed E-state index contributed by atoms with van der Waals surface area (Å²) in [6.07, 6.45) is 2.15. The third kappa shape index (κ3) is 3.41. The molecule has 1 N–H and O–H groups in total. The number of aryl methyl sites for hydroxylation is 1. The topological polar surface area (TPSA) is 20.2 Å². The van der Waals surface area contributed by atoms with Crippen LogP contribution in [0.5, 0.6) is 0 Å². The van der Waals surface area contributed by atoms with E-state index in [-0.39, 0.29) is 6.04 Å². The first-order valence-electron chi connectivity index (χ1n) is 8.66. The van der Waals surface area contributed by atoms with Crippen molar-refractivity contribution in [3.8, 4) is 0 Å². The fourth-order valence-corrected chi connectivity index (χ4v) is 4.01. The second kappa shape index (κ2) is 7.25. The minimum atomic E-state index is 0.120. The van der Waals surface area contributed by atoms with Crippen LogP contribution >= 0.6 is 28.1 Å². The lowest BCUT2D eigenvalue weighted by Crippen LogP contribution is -2.44. The van der Waals surface area contributed by atoms with Crippen molar-refractivity contribution in [3.05, 3.63) is 88.2 Å². The summed E-state index contributed by atoms with van der Waals surface area (Å²) in [5.74, 6) is 0. The minimum Gasteiger partial charge on any atom is -0.348 e. The van der Waals surface area contributed by atoms with E-state index >= 15 is 0 Å². The fourth-order valence-electron chi connectivity index (χ4n) is 3.43. The van der Waals surface area contributed by atoms with Gasteiger partial charge in [0.25, 0.3) is 0 Å². The Kier molecular flexibility index (Phi) is 4.83. The fraction of sp³-hybridized carbons (Fsp3) is 0.190. The molecule has 0 fully saturated rings. The van der Waals surface area contributed by atoms with Gasteiger partial charge in [-0.05, 0) is 61.1 Å². The van der Waals surface area contributed by atoms with Crippen molar-refractivity contribution in [1.29, 1.82) is 0 Å². The molecular formula is C21H20BrN3S. The smallest absolute Gasteiger partial charge is 0.174 e. The first-order chi connectivity index (χ1) is 12.6. The summed E-state index contributed by atoms with van der Waals surface area (Å²) in [6.45, 7) is 3.93. The quantitative estimate of drug-likeness (QED) is 0.557. The number of benzene rings is 2. The molecule has 2 aromatic carbocycles. The van der Waals surface area contributed by atoms with Gasteiger partial charge in [-0.2, -0.15) is 0 Å². The Bertz CT molecular complexity index is 915. The number of nitrogens with zero attached hydrogens (tertiary/aromatic N) is 2. The van der Waals surface area contributed by atoms with Gasteiger partial charge in [-0.25, -0.2) is 0 Å². The van der Waals surface area contributed by atoms with E-state index in [1.807, 2.05) is 24.3 Å². The zero-order chi connectivity index (χ0) is 18.1. The zero-order valence-corrected chi connectivity index (χ0v) is 16.9. The molecule has 3 nitrogen and oxygen atoms in total. The van der Waals surface area contributed by atoms with E-state index in [1.165, 1.54) is 16.8 Å². The van der Waals surface area contributed by atoms with E-state index < -0.39 is 0 Å². The van der Waals surface area contributed by atoms with Gasteiger partial charge < -0.3 is 14.8 Å². The van der Waals surface area contributed by atoms with E-state index in [2.05, 4.69) is 80.2 Å². The second-order valence-electron chi connectivity index (χ2n) is 6.57. The molecule has 1 unspecified atom stereocenters. The van der Waals surface area contributed by atoms with Crippen LogP contribution in [0.25, 0.3) is 0 Å². The van der Waals surface area contributed by atoms with Crippen molar-refractivity contribution in [2.75, 3.05) is 11.9 Å². The monoisotopic (exact) mass is 425 g/mol. The van der Waals surface area contributed by atoms with Crippen molar-refractivity contribution >= 4 is 38.9 Å². The molecule has 4 rings (SSSR count). The van der Waals surface area contributed by atoms with Crippen LogP contribution in [0, 0.1) is 6.92 Å². The van der Waals surface area contributed by atoms with Crippen molar-refractivity contribution in [1.82, 2.24) is 9.47 Å². The maximum atomic E-state index is 5.79. The molecule has 1 atom stereocenters. The van der Waals surface area contributed by atoms with E-state index in [0.29, 0.717) is 0 Å². The number of thiocarbonyl (C=S) groups is 1. The molecule has 1 aromatic heterocycles. The lowest BCUT2D eigenvalue weighted by atomic mass is 9.99. The lowest BCUT2D eigenvalue weighted by molar-refractivity contribution is 0.293. The van der Waals surface area contributed by atoms with Gasteiger partial charge in [0.1, 0.15) is 0 Å². The number of fused-ring (bicyclic) bond motifs is 1. The van der Waals surface area contributed by atoms with Crippen LogP contribution in [0.3, 0.4) is 0 Å². The average Bonchev–Trinajstić information content (AvgIpc) is 3.12. The van der Waals surface area contributed by atoms with Crippen LogP contribution in [-0.4, -0.2) is 21.1 Å². The third-order valence-corrected chi connectivity index (χ3v) is 5.65. The number of hydrogen-bond donors (Lipinski definition) is 1. The van der Waals surface area contributed by atoms with Gasteiger partial charge in [0.15, 0.2) is 5.11 Å². The van der Waals surface area contributed by atoms with Gasteiger partial charge in [0.05, 0.1) is 6.04 Å². The Morgan fingerprint density at radius 2 is 1.77 bits per heavy atom. The molecule has 0 saturated heterocycles. The first-order valence-corrected chi connectivity index (χ1v) is 9.87. The standard InChI is InChI=1S/C21H20BrN3S/c1-15-4-6-16(7-5-15)20-19-3-2-12-24(19)13-14-25(20)21(26)23-18-10-8-17(22)9-11-18/h2-12,20H,13-14H2,1H3,(H,23,26). The number of nitrogens with one attached hydrogen (secondary N) is 1. The molecule has 0 spiro atoms. The molecular weight excluding hydrogens is 406 g/mol. The van der Waals surface area contributed by atoms with Crippen LogP contribution in [-0.2, 0) is 6.54 Å². The van der Waals surface area contributed by atoms with E-state index in [9.17, 15) is 0 Å². The van der Waals surface area contributed by atoms with Crippen molar-refractivity contribution < 1.29 is 0 Å². The number of hydrogen-bond acceptors (Lipinski definition) is 1. The molecule has 0 bridgehead atoms. The molecule has 5 heteroatoms. The van der Waals surface area contributed by atoms with Gasteiger partial charge in [-0.3, -0.25) is 0 Å². The summed E-state index contributed by atoms with van der Waals surface area (Å²) in [6, 6.07) is 21.3. The molecule has 0 saturated carbocycles. The lowest BCUT2D eigenvalue weighted by Gasteiger charge is -2.39. The van der Waals surface area contributed by atoms with Crippen molar-refractivity contribution in [3.63, 3.8) is 0 Å². The molecule has 1 aliphatic rings. The Labute approximate surface area is 167 Å². The molecule has 1 aliphatic heterocycles. The van der Waals surface area contributed by atoms with Crippen molar-refractivity contribution in [2.45, 2.75) is 19.5 Å². The van der Waals surface area contributed by atoms with Crippen LogP contribution in [0.4, 0.5) is 5.69 Å². The Morgan fingerprint density at radius 3 is 2.50 bits per heavy atom. The van der Waals surface area contributed by atoms with Gasteiger partial charge >= 0.3 is 0 Å². The molecule has 0 aliphatic carbocycles. The minimum absolute atomic E-state index is 0.120. The highest BCUT2D eigenvalue weighted by atomic mass is 79.9. The summed E-state index contributed by atoms with van der Waals surface area (Å²) in [7, 11) is 0.